The van der Waals surface area contributed by atoms with Crippen molar-refractivity contribution >= 4 is 27.3 Å². The van der Waals surface area contributed by atoms with E-state index in [0.29, 0.717) is 18.4 Å². The Hall–Kier alpha value is -2.47. The molecule has 3 aromatic rings. The molecule has 0 aliphatic carbocycles. The van der Waals surface area contributed by atoms with Crippen molar-refractivity contribution in [3.8, 4) is 16.9 Å². The largest absolute Gasteiger partial charge is 0.497 e. The smallest absolute Gasteiger partial charge is 0.262 e. The van der Waals surface area contributed by atoms with Crippen molar-refractivity contribution in [2.45, 2.75) is 39.7 Å². The standard InChI is InChI=1S/C20H22N2O3S/c1-4-6-17-21-19-18(20(24)22(17)10-9-13(2)23)16(12-26-19)14-7-5-8-15(11-14)25-3/h5,7-8,11-12H,4,6,9-10H2,1-3H3. The van der Waals surface area contributed by atoms with E-state index >= 15 is 0 Å². The fraction of sp³-hybridized carbons (Fsp3) is 0.350. The van der Waals surface area contributed by atoms with Crippen molar-refractivity contribution in [1.29, 1.82) is 0 Å². The summed E-state index contributed by atoms with van der Waals surface area (Å²) in [6.45, 7) is 3.98. The molecule has 26 heavy (non-hydrogen) atoms. The highest BCUT2D eigenvalue weighted by Crippen LogP contribution is 2.32. The second kappa shape index (κ2) is 7.83. The molecule has 0 spiro atoms. The van der Waals surface area contributed by atoms with Crippen LogP contribution in [0, 0.1) is 0 Å². The minimum Gasteiger partial charge on any atom is -0.497 e. The van der Waals surface area contributed by atoms with Gasteiger partial charge < -0.3 is 4.74 Å². The number of aryl methyl sites for hydroxylation is 1. The van der Waals surface area contributed by atoms with Gasteiger partial charge in [-0.3, -0.25) is 14.2 Å². The maximum atomic E-state index is 13.2. The van der Waals surface area contributed by atoms with Crippen molar-refractivity contribution in [3.05, 3.63) is 45.8 Å². The first-order valence-corrected chi connectivity index (χ1v) is 9.58. The molecule has 5 nitrogen and oxygen atoms in total. The first-order chi connectivity index (χ1) is 12.5. The molecule has 0 radical (unpaired) electrons. The quantitative estimate of drug-likeness (QED) is 0.629. The van der Waals surface area contributed by atoms with E-state index in [2.05, 4.69) is 6.92 Å². The molecule has 0 aliphatic rings. The van der Waals surface area contributed by atoms with E-state index < -0.39 is 0 Å². The summed E-state index contributed by atoms with van der Waals surface area (Å²) in [6, 6.07) is 7.66. The molecular formula is C20H22N2O3S. The minimum absolute atomic E-state index is 0.0674. The lowest BCUT2D eigenvalue weighted by Crippen LogP contribution is -2.26. The zero-order valence-electron chi connectivity index (χ0n) is 15.2. The van der Waals surface area contributed by atoms with E-state index in [-0.39, 0.29) is 11.3 Å². The summed E-state index contributed by atoms with van der Waals surface area (Å²) in [6.07, 6.45) is 1.95. The number of hydrogen-bond donors (Lipinski definition) is 0. The molecule has 1 aromatic carbocycles. The van der Waals surface area contributed by atoms with Gasteiger partial charge in [-0.25, -0.2) is 4.98 Å². The van der Waals surface area contributed by atoms with Gasteiger partial charge in [0, 0.05) is 30.3 Å². The van der Waals surface area contributed by atoms with Gasteiger partial charge in [0.15, 0.2) is 0 Å². The summed E-state index contributed by atoms with van der Waals surface area (Å²) in [5.41, 5.74) is 1.72. The highest BCUT2D eigenvalue weighted by atomic mass is 32.1. The molecule has 0 saturated heterocycles. The molecule has 0 amide bonds. The Balaban J connectivity index is 2.19. The number of fused-ring (bicyclic) bond motifs is 1. The molecule has 0 atom stereocenters. The first-order valence-electron chi connectivity index (χ1n) is 8.70. The number of ether oxygens (including phenoxy) is 1. The maximum absolute atomic E-state index is 13.2. The van der Waals surface area contributed by atoms with Gasteiger partial charge in [-0.05, 0) is 31.0 Å². The van der Waals surface area contributed by atoms with E-state index in [0.717, 1.165) is 40.4 Å². The van der Waals surface area contributed by atoms with Gasteiger partial charge in [0.05, 0.1) is 12.5 Å². The topological polar surface area (TPSA) is 61.2 Å². The number of Topliss-reactive ketones (excluding diaryl/α,β-unsaturated/α-hetero) is 1. The highest BCUT2D eigenvalue weighted by Gasteiger charge is 2.17. The average Bonchev–Trinajstić information content (AvgIpc) is 3.05. The van der Waals surface area contributed by atoms with Crippen LogP contribution >= 0.6 is 11.3 Å². The van der Waals surface area contributed by atoms with Crippen molar-refractivity contribution in [2.24, 2.45) is 0 Å². The van der Waals surface area contributed by atoms with Crippen LogP contribution in [-0.2, 0) is 17.8 Å². The predicted molar refractivity (Wildman–Crippen MR) is 105 cm³/mol. The third-order valence-corrected chi connectivity index (χ3v) is 5.19. The van der Waals surface area contributed by atoms with Crippen LogP contribution in [0.5, 0.6) is 5.75 Å². The molecule has 2 aromatic heterocycles. The number of ketones is 1. The second-order valence-corrected chi connectivity index (χ2v) is 7.11. The summed E-state index contributed by atoms with van der Waals surface area (Å²) in [4.78, 5) is 30.1. The number of aromatic nitrogens is 2. The molecule has 0 saturated carbocycles. The van der Waals surface area contributed by atoms with Gasteiger partial charge in [0.2, 0.25) is 0 Å². The van der Waals surface area contributed by atoms with Crippen LogP contribution in [0.2, 0.25) is 0 Å². The highest BCUT2D eigenvalue weighted by molar-refractivity contribution is 7.17. The normalized spacial score (nSPS) is 11.0. The Morgan fingerprint density at radius 3 is 2.85 bits per heavy atom. The van der Waals surface area contributed by atoms with Crippen molar-refractivity contribution in [2.75, 3.05) is 7.11 Å². The number of hydrogen-bond acceptors (Lipinski definition) is 5. The van der Waals surface area contributed by atoms with E-state index in [9.17, 15) is 9.59 Å². The third-order valence-electron chi connectivity index (χ3n) is 4.31. The number of thiophene rings is 1. The fourth-order valence-electron chi connectivity index (χ4n) is 2.98. The summed E-state index contributed by atoms with van der Waals surface area (Å²) in [7, 11) is 1.62. The van der Waals surface area contributed by atoms with Crippen molar-refractivity contribution in [3.63, 3.8) is 0 Å². The molecule has 0 aliphatic heterocycles. The van der Waals surface area contributed by atoms with Crippen molar-refractivity contribution in [1.82, 2.24) is 9.55 Å². The minimum atomic E-state index is -0.0706. The molecule has 0 unspecified atom stereocenters. The average molecular weight is 370 g/mol. The van der Waals surface area contributed by atoms with Crippen molar-refractivity contribution < 1.29 is 9.53 Å². The summed E-state index contributed by atoms with van der Waals surface area (Å²) in [5.74, 6) is 1.57. The molecule has 0 bridgehead atoms. The lowest BCUT2D eigenvalue weighted by molar-refractivity contribution is -0.117. The van der Waals surface area contributed by atoms with Crippen LogP contribution in [0.3, 0.4) is 0 Å². The molecule has 136 valence electrons. The number of methoxy groups -OCH3 is 1. The van der Waals surface area contributed by atoms with Gasteiger partial charge in [0.1, 0.15) is 22.2 Å². The van der Waals surface area contributed by atoms with Gasteiger partial charge in [-0.15, -0.1) is 11.3 Å². The number of carbonyl (C=O) groups excluding carboxylic acids is 1. The summed E-state index contributed by atoms with van der Waals surface area (Å²) in [5, 5.41) is 2.59. The Morgan fingerprint density at radius 1 is 1.35 bits per heavy atom. The number of rotatable bonds is 7. The van der Waals surface area contributed by atoms with Crippen LogP contribution in [0.4, 0.5) is 0 Å². The second-order valence-electron chi connectivity index (χ2n) is 6.25. The predicted octanol–water partition coefficient (Wildman–Crippen LogP) is 4.07. The van der Waals surface area contributed by atoms with Crippen LogP contribution in [0.15, 0.2) is 34.4 Å². The number of benzene rings is 1. The summed E-state index contributed by atoms with van der Waals surface area (Å²) >= 11 is 1.48. The Morgan fingerprint density at radius 2 is 2.15 bits per heavy atom. The van der Waals surface area contributed by atoms with E-state index in [4.69, 9.17) is 9.72 Å². The lowest BCUT2D eigenvalue weighted by atomic mass is 10.1. The van der Waals surface area contributed by atoms with Gasteiger partial charge in [-0.1, -0.05) is 19.1 Å². The van der Waals surface area contributed by atoms with Gasteiger partial charge >= 0.3 is 0 Å². The molecule has 2 heterocycles. The van der Waals surface area contributed by atoms with Crippen LogP contribution < -0.4 is 10.3 Å². The zero-order valence-corrected chi connectivity index (χ0v) is 16.1. The third kappa shape index (κ3) is 3.55. The molecule has 3 rings (SSSR count). The SMILES string of the molecule is CCCc1nc2scc(-c3cccc(OC)c3)c2c(=O)n1CCC(C)=O. The molecular weight excluding hydrogens is 348 g/mol. The number of carbonyl (C=O) groups is 1. The maximum Gasteiger partial charge on any atom is 0.262 e. The van der Waals surface area contributed by atoms with Crippen LogP contribution in [-0.4, -0.2) is 22.4 Å². The molecule has 0 fully saturated rings. The van der Waals surface area contributed by atoms with Gasteiger partial charge in [-0.2, -0.15) is 0 Å². The molecule has 0 N–H and O–H groups in total. The van der Waals surface area contributed by atoms with Crippen LogP contribution in [0.25, 0.3) is 21.3 Å². The first kappa shape index (κ1) is 18.3. The summed E-state index contributed by atoms with van der Waals surface area (Å²) < 4.78 is 6.97. The monoisotopic (exact) mass is 370 g/mol. The lowest BCUT2D eigenvalue weighted by Gasteiger charge is -2.12. The zero-order chi connectivity index (χ0) is 18.7. The van der Waals surface area contributed by atoms with Crippen LogP contribution in [0.1, 0.15) is 32.5 Å². The van der Waals surface area contributed by atoms with E-state index in [1.54, 1.807) is 18.6 Å². The van der Waals surface area contributed by atoms with Gasteiger partial charge in [0.25, 0.3) is 5.56 Å². The van der Waals surface area contributed by atoms with E-state index in [1.165, 1.54) is 11.3 Å². The Kier molecular flexibility index (Phi) is 5.52. The van der Waals surface area contributed by atoms with E-state index in [1.807, 2.05) is 29.6 Å². The molecule has 6 heteroatoms. The number of nitrogens with zero attached hydrogens (tertiary/aromatic N) is 2. The Bertz CT molecular complexity index is 1000. The fourth-order valence-corrected chi connectivity index (χ4v) is 3.94. The Labute approximate surface area is 156 Å².